The molecule has 0 atom stereocenters. The Morgan fingerprint density at radius 1 is 1.26 bits per heavy atom. The second kappa shape index (κ2) is 4.57. The Morgan fingerprint density at radius 2 is 1.89 bits per heavy atom. The average molecular weight is 262 g/mol. The standard InChI is InChI=1S/C14H18N2O3/c1-14(2)13(19)15(3)8-9-16(14)12(18)10-6-4-5-7-11(10)17/h4-7,17H,8-9H2,1-3H3. The lowest BCUT2D eigenvalue weighted by molar-refractivity contribution is -0.144. The van der Waals surface area contributed by atoms with Crippen LogP contribution >= 0.6 is 0 Å². The van der Waals surface area contributed by atoms with E-state index in [4.69, 9.17) is 0 Å². The maximum atomic E-state index is 12.5. The summed E-state index contributed by atoms with van der Waals surface area (Å²) in [5.41, 5.74) is -0.667. The molecule has 2 rings (SSSR count). The monoisotopic (exact) mass is 262 g/mol. The number of rotatable bonds is 1. The zero-order valence-electron chi connectivity index (χ0n) is 11.4. The second-order valence-corrected chi connectivity index (χ2v) is 5.26. The third-order valence-corrected chi connectivity index (χ3v) is 3.58. The van der Waals surface area contributed by atoms with Crippen LogP contribution in [0.5, 0.6) is 5.75 Å². The number of para-hydroxylation sites is 1. The van der Waals surface area contributed by atoms with Crippen molar-refractivity contribution in [3.63, 3.8) is 0 Å². The molecule has 2 amide bonds. The number of carbonyl (C=O) groups excluding carboxylic acids is 2. The Hall–Kier alpha value is -2.04. The number of carbonyl (C=O) groups is 2. The van der Waals surface area contributed by atoms with Crippen molar-refractivity contribution < 1.29 is 14.7 Å². The highest BCUT2D eigenvalue weighted by atomic mass is 16.3. The van der Waals surface area contributed by atoms with Gasteiger partial charge in [-0.3, -0.25) is 9.59 Å². The number of aromatic hydroxyl groups is 1. The molecule has 5 nitrogen and oxygen atoms in total. The highest BCUT2D eigenvalue weighted by Gasteiger charge is 2.43. The molecule has 1 N–H and O–H groups in total. The number of phenolic OH excluding ortho intramolecular Hbond substituents is 1. The Kier molecular flexibility index (Phi) is 3.22. The van der Waals surface area contributed by atoms with Crippen LogP contribution in [-0.4, -0.2) is 52.4 Å². The van der Waals surface area contributed by atoms with Gasteiger partial charge in [-0.05, 0) is 26.0 Å². The van der Waals surface area contributed by atoms with Crippen molar-refractivity contribution in [3.8, 4) is 5.75 Å². The summed E-state index contributed by atoms with van der Waals surface area (Å²) >= 11 is 0. The third-order valence-electron chi connectivity index (χ3n) is 3.58. The van der Waals surface area contributed by atoms with E-state index in [1.807, 2.05) is 0 Å². The predicted molar refractivity (Wildman–Crippen MR) is 70.9 cm³/mol. The van der Waals surface area contributed by atoms with E-state index in [-0.39, 0.29) is 23.1 Å². The van der Waals surface area contributed by atoms with E-state index >= 15 is 0 Å². The van der Waals surface area contributed by atoms with Gasteiger partial charge in [-0.2, -0.15) is 0 Å². The molecule has 0 bridgehead atoms. The number of piperazine rings is 1. The maximum absolute atomic E-state index is 12.5. The van der Waals surface area contributed by atoms with E-state index in [2.05, 4.69) is 0 Å². The molecule has 0 saturated carbocycles. The minimum absolute atomic E-state index is 0.0605. The van der Waals surface area contributed by atoms with E-state index in [0.29, 0.717) is 13.1 Å². The van der Waals surface area contributed by atoms with E-state index in [9.17, 15) is 14.7 Å². The van der Waals surface area contributed by atoms with Gasteiger partial charge >= 0.3 is 0 Å². The number of hydrogen-bond acceptors (Lipinski definition) is 3. The minimum atomic E-state index is -0.896. The molecule has 5 heteroatoms. The normalized spacial score (nSPS) is 18.6. The molecule has 1 heterocycles. The first-order valence-electron chi connectivity index (χ1n) is 6.21. The minimum Gasteiger partial charge on any atom is -0.507 e. The van der Waals surface area contributed by atoms with Crippen LogP contribution in [0.4, 0.5) is 0 Å². The topological polar surface area (TPSA) is 60.9 Å². The van der Waals surface area contributed by atoms with Gasteiger partial charge in [-0.25, -0.2) is 0 Å². The molecule has 1 aliphatic heterocycles. The van der Waals surface area contributed by atoms with E-state index in [0.717, 1.165) is 0 Å². The fourth-order valence-electron chi connectivity index (χ4n) is 2.37. The van der Waals surface area contributed by atoms with Gasteiger partial charge in [0.25, 0.3) is 5.91 Å². The fraction of sp³-hybridized carbons (Fsp3) is 0.429. The summed E-state index contributed by atoms with van der Waals surface area (Å²) in [7, 11) is 1.73. The molecule has 0 aromatic heterocycles. The lowest BCUT2D eigenvalue weighted by Gasteiger charge is -2.44. The predicted octanol–water partition coefficient (Wildman–Crippen LogP) is 1.08. The number of benzene rings is 1. The van der Waals surface area contributed by atoms with E-state index in [1.165, 1.54) is 11.0 Å². The number of nitrogens with zero attached hydrogens (tertiary/aromatic N) is 2. The van der Waals surface area contributed by atoms with Gasteiger partial charge in [0.15, 0.2) is 0 Å². The van der Waals surface area contributed by atoms with Crippen molar-refractivity contribution in [2.75, 3.05) is 20.1 Å². The second-order valence-electron chi connectivity index (χ2n) is 5.26. The summed E-state index contributed by atoms with van der Waals surface area (Å²) in [5.74, 6) is -0.471. The lowest BCUT2D eigenvalue weighted by atomic mass is 9.96. The van der Waals surface area contributed by atoms with Gasteiger partial charge in [0.1, 0.15) is 11.3 Å². The Bertz CT molecular complexity index is 525. The smallest absolute Gasteiger partial charge is 0.258 e. The molecule has 1 fully saturated rings. The van der Waals surface area contributed by atoms with Crippen LogP contribution in [0.15, 0.2) is 24.3 Å². The van der Waals surface area contributed by atoms with Gasteiger partial charge in [0.2, 0.25) is 5.91 Å². The van der Waals surface area contributed by atoms with Crippen molar-refractivity contribution >= 4 is 11.8 Å². The summed E-state index contributed by atoms with van der Waals surface area (Å²) in [5, 5.41) is 9.76. The molecule has 0 radical (unpaired) electrons. The van der Waals surface area contributed by atoms with Gasteiger partial charge in [-0.15, -0.1) is 0 Å². The first-order valence-corrected chi connectivity index (χ1v) is 6.21. The third kappa shape index (κ3) is 2.16. The molecule has 1 aromatic rings. The van der Waals surface area contributed by atoms with Crippen LogP contribution in [0.2, 0.25) is 0 Å². The molecule has 1 saturated heterocycles. The highest BCUT2D eigenvalue weighted by Crippen LogP contribution is 2.26. The number of phenols is 1. The van der Waals surface area contributed by atoms with Crippen LogP contribution in [0.3, 0.4) is 0 Å². The van der Waals surface area contributed by atoms with Crippen LogP contribution in [-0.2, 0) is 4.79 Å². The quantitative estimate of drug-likeness (QED) is 0.824. The molecule has 0 spiro atoms. The molecule has 19 heavy (non-hydrogen) atoms. The summed E-state index contributed by atoms with van der Waals surface area (Å²) in [4.78, 5) is 27.8. The molecule has 0 unspecified atom stereocenters. The van der Waals surface area contributed by atoms with Crippen LogP contribution < -0.4 is 0 Å². The molecular weight excluding hydrogens is 244 g/mol. The summed E-state index contributed by atoms with van der Waals surface area (Å²) in [6.07, 6.45) is 0. The molecule has 1 aromatic carbocycles. The molecule has 1 aliphatic rings. The van der Waals surface area contributed by atoms with Crippen LogP contribution in [0, 0.1) is 0 Å². The van der Waals surface area contributed by atoms with Crippen LogP contribution in [0.1, 0.15) is 24.2 Å². The van der Waals surface area contributed by atoms with Crippen molar-refractivity contribution in [3.05, 3.63) is 29.8 Å². The van der Waals surface area contributed by atoms with Crippen LogP contribution in [0.25, 0.3) is 0 Å². The largest absolute Gasteiger partial charge is 0.507 e. The van der Waals surface area contributed by atoms with Crippen molar-refractivity contribution in [2.45, 2.75) is 19.4 Å². The number of likely N-dealkylation sites (N-methyl/N-ethyl adjacent to an activating group) is 1. The Balaban J connectivity index is 2.34. The van der Waals surface area contributed by atoms with Crippen molar-refractivity contribution in [1.29, 1.82) is 0 Å². The highest BCUT2D eigenvalue weighted by molar-refractivity contribution is 6.01. The molecular formula is C14H18N2O3. The zero-order valence-corrected chi connectivity index (χ0v) is 11.4. The summed E-state index contributed by atoms with van der Waals surface area (Å²) in [6.45, 7) is 4.41. The lowest BCUT2D eigenvalue weighted by Crippen LogP contribution is -2.63. The summed E-state index contributed by atoms with van der Waals surface area (Å²) in [6, 6.07) is 6.39. The van der Waals surface area contributed by atoms with Crippen molar-refractivity contribution in [2.24, 2.45) is 0 Å². The molecule has 0 aliphatic carbocycles. The van der Waals surface area contributed by atoms with Gasteiger partial charge < -0.3 is 14.9 Å². The van der Waals surface area contributed by atoms with E-state index in [1.54, 1.807) is 44.0 Å². The van der Waals surface area contributed by atoms with Gasteiger partial charge in [0, 0.05) is 20.1 Å². The van der Waals surface area contributed by atoms with Gasteiger partial charge in [0.05, 0.1) is 5.56 Å². The fourth-order valence-corrected chi connectivity index (χ4v) is 2.37. The number of hydrogen-bond donors (Lipinski definition) is 1. The zero-order chi connectivity index (χ0) is 14.2. The van der Waals surface area contributed by atoms with Gasteiger partial charge in [-0.1, -0.05) is 12.1 Å². The average Bonchev–Trinajstić information content (AvgIpc) is 2.36. The first kappa shape index (κ1) is 13.4. The Morgan fingerprint density at radius 3 is 2.53 bits per heavy atom. The Labute approximate surface area is 112 Å². The summed E-state index contributed by atoms with van der Waals surface area (Å²) < 4.78 is 0. The van der Waals surface area contributed by atoms with E-state index < -0.39 is 5.54 Å². The SMILES string of the molecule is CN1CCN(C(=O)c2ccccc2O)C(C)(C)C1=O. The maximum Gasteiger partial charge on any atom is 0.258 e. The molecule has 102 valence electrons. The first-order chi connectivity index (χ1) is 8.85. The van der Waals surface area contributed by atoms with Crippen molar-refractivity contribution in [1.82, 2.24) is 9.80 Å². The number of amides is 2.